The Balaban J connectivity index is 2.15. The number of nitrogens with zero attached hydrogens (tertiary/aromatic N) is 1. The van der Waals surface area contributed by atoms with Crippen molar-refractivity contribution in [1.29, 1.82) is 0 Å². The third-order valence-corrected chi connectivity index (χ3v) is 2.85. The molecular weight excluding hydrogens is 274 g/mol. The summed E-state index contributed by atoms with van der Waals surface area (Å²) in [6.45, 7) is 1.91. The van der Waals surface area contributed by atoms with E-state index < -0.39 is 17.4 Å². The Morgan fingerprint density at radius 3 is 2.62 bits per heavy atom. The van der Waals surface area contributed by atoms with E-state index in [-0.39, 0.29) is 17.8 Å². The summed E-state index contributed by atoms with van der Waals surface area (Å²) in [7, 11) is 0. The SMILES string of the molecule is Cc1cccc(N=C(N)CC(=O)c2ccc(F)cc2F)c1. The van der Waals surface area contributed by atoms with E-state index in [4.69, 9.17) is 5.73 Å². The van der Waals surface area contributed by atoms with Crippen LogP contribution >= 0.6 is 0 Å². The van der Waals surface area contributed by atoms with Crippen LogP contribution in [0.1, 0.15) is 22.3 Å². The van der Waals surface area contributed by atoms with Crippen molar-refractivity contribution in [3.8, 4) is 0 Å². The molecule has 0 bridgehead atoms. The van der Waals surface area contributed by atoms with Crippen molar-refractivity contribution in [3.63, 3.8) is 0 Å². The maximum absolute atomic E-state index is 13.5. The molecule has 0 saturated heterocycles. The van der Waals surface area contributed by atoms with Gasteiger partial charge in [0.15, 0.2) is 5.78 Å². The molecule has 0 spiro atoms. The van der Waals surface area contributed by atoms with Crippen LogP contribution in [0.2, 0.25) is 0 Å². The molecule has 5 heteroatoms. The fraction of sp³-hybridized carbons (Fsp3) is 0.125. The lowest BCUT2D eigenvalue weighted by atomic mass is 10.1. The summed E-state index contributed by atoms with van der Waals surface area (Å²) < 4.78 is 26.3. The monoisotopic (exact) mass is 288 g/mol. The van der Waals surface area contributed by atoms with E-state index in [0.717, 1.165) is 17.7 Å². The van der Waals surface area contributed by atoms with E-state index in [1.165, 1.54) is 0 Å². The number of rotatable bonds is 4. The number of Topliss-reactive ketones (excluding diaryl/α,β-unsaturated/α-hetero) is 1. The van der Waals surface area contributed by atoms with Gasteiger partial charge in [0, 0.05) is 6.07 Å². The second-order valence-electron chi connectivity index (χ2n) is 4.67. The van der Waals surface area contributed by atoms with Gasteiger partial charge in [0.05, 0.1) is 17.7 Å². The Bertz CT molecular complexity index is 711. The first-order valence-electron chi connectivity index (χ1n) is 6.33. The van der Waals surface area contributed by atoms with Crippen LogP contribution in [0.5, 0.6) is 0 Å². The molecule has 2 aromatic rings. The predicted molar refractivity (Wildman–Crippen MR) is 77.8 cm³/mol. The topological polar surface area (TPSA) is 55.4 Å². The molecule has 0 amide bonds. The van der Waals surface area contributed by atoms with Crippen LogP contribution in [0, 0.1) is 18.6 Å². The molecule has 108 valence electrons. The summed E-state index contributed by atoms with van der Waals surface area (Å²) in [4.78, 5) is 16.0. The molecule has 0 aliphatic carbocycles. The van der Waals surface area contributed by atoms with Crippen LogP contribution in [-0.2, 0) is 0 Å². The van der Waals surface area contributed by atoms with Gasteiger partial charge in [-0.3, -0.25) is 4.79 Å². The zero-order chi connectivity index (χ0) is 15.4. The van der Waals surface area contributed by atoms with E-state index in [1.807, 2.05) is 25.1 Å². The van der Waals surface area contributed by atoms with E-state index >= 15 is 0 Å². The summed E-state index contributed by atoms with van der Waals surface area (Å²) in [5.41, 5.74) is 7.15. The molecule has 2 aromatic carbocycles. The lowest BCUT2D eigenvalue weighted by Crippen LogP contribution is -2.17. The number of carbonyl (C=O) groups excluding carboxylic acids is 1. The van der Waals surface area contributed by atoms with Gasteiger partial charge in [0.25, 0.3) is 0 Å². The lowest BCUT2D eigenvalue weighted by molar-refractivity contribution is 0.0996. The standard InChI is InChI=1S/C16H14F2N2O/c1-10-3-2-4-12(7-10)20-16(19)9-15(21)13-6-5-11(17)8-14(13)18/h2-8H,9H2,1H3,(H2,19,20). The van der Waals surface area contributed by atoms with Crippen LogP contribution in [0.25, 0.3) is 0 Å². The van der Waals surface area contributed by atoms with Crippen molar-refractivity contribution < 1.29 is 13.6 Å². The Morgan fingerprint density at radius 1 is 1.19 bits per heavy atom. The second kappa shape index (κ2) is 6.26. The van der Waals surface area contributed by atoms with Gasteiger partial charge in [0.1, 0.15) is 17.5 Å². The van der Waals surface area contributed by atoms with Crippen molar-refractivity contribution in [1.82, 2.24) is 0 Å². The molecule has 0 atom stereocenters. The van der Waals surface area contributed by atoms with Crippen molar-refractivity contribution in [2.45, 2.75) is 13.3 Å². The molecule has 0 aliphatic rings. The molecule has 0 unspecified atom stereocenters. The summed E-state index contributed by atoms with van der Waals surface area (Å²) in [6.07, 6.45) is -0.226. The van der Waals surface area contributed by atoms with Gasteiger partial charge in [0.2, 0.25) is 0 Å². The maximum atomic E-state index is 13.5. The quantitative estimate of drug-likeness (QED) is 0.531. The summed E-state index contributed by atoms with van der Waals surface area (Å²) in [6, 6.07) is 10.1. The predicted octanol–water partition coefficient (Wildman–Crippen LogP) is 3.53. The third kappa shape index (κ3) is 3.95. The van der Waals surface area contributed by atoms with Gasteiger partial charge < -0.3 is 5.73 Å². The summed E-state index contributed by atoms with van der Waals surface area (Å²) in [5, 5.41) is 0. The lowest BCUT2D eigenvalue weighted by Gasteiger charge is -2.03. The average molecular weight is 288 g/mol. The van der Waals surface area contributed by atoms with E-state index in [9.17, 15) is 13.6 Å². The highest BCUT2D eigenvalue weighted by atomic mass is 19.1. The van der Waals surface area contributed by atoms with E-state index in [0.29, 0.717) is 11.8 Å². The number of hydrogen-bond donors (Lipinski definition) is 1. The summed E-state index contributed by atoms with van der Waals surface area (Å²) >= 11 is 0. The molecule has 0 radical (unpaired) electrons. The molecule has 0 aliphatic heterocycles. The molecule has 2 N–H and O–H groups in total. The minimum Gasteiger partial charge on any atom is -0.387 e. The van der Waals surface area contributed by atoms with Crippen LogP contribution < -0.4 is 5.73 Å². The molecule has 0 heterocycles. The highest BCUT2D eigenvalue weighted by Crippen LogP contribution is 2.15. The molecule has 0 fully saturated rings. The molecular formula is C16H14F2N2O. The fourth-order valence-corrected chi connectivity index (χ4v) is 1.88. The van der Waals surface area contributed by atoms with Gasteiger partial charge in [-0.05, 0) is 36.8 Å². The first kappa shape index (κ1) is 14.8. The molecule has 2 rings (SSSR count). The van der Waals surface area contributed by atoms with Gasteiger partial charge in [-0.1, -0.05) is 12.1 Å². The smallest absolute Gasteiger partial charge is 0.173 e. The highest BCUT2D eigenvalue weighted by Gasteiger charge is 2.13. The number of benzene rings is 2. The maximum Gasteiger partial charge on any atom is 0.173 e. The number of amidine groups is 1. The normalized spacial score (nSPS) is 11.5. The molecule has 3 nitrogen and oxygen atoms in total. The number of aliphatic imine (C=N–C) groups is 1. The van der Waals surface area contributed by atoms with Gasteiger partial charge in [-0.2, -0.15) is 0 Å². The second-order valence-corrected chi connectivity index (χ2v) is 4.67. The minimum absolute atomic E-state index is 0.0781. The van der Waals surface area contributed by atoms with E-state index in [1.54, 1.807) is 6.07 Å². The van der Waals surface area contributed by atoms with Crippen molar-refractivity contribution in [3.05, 3.63) is 65.2 Å². The molecule has 0 aromatic heterocycles. The Morgan fingerprint density at radius 2 is 1.95 bits per heavy atom. The van der Waals surface area contributed by atoms with E-state index in [2.05, 4.69) is 4.99 Å². The van der Waals surface area contributed by atoms with Crippen LogP contribution in [0.4, 0.5) is 14.5 Å². The summed E-state index contributed by atoms with van der Waals surface area (Å²) in [5.74, 6) is -2.09. The fourth-order valence-electron chi connectivity index (χ4n) is 1.88. The highest BCUT2D eigenvalue weighted by molar-refractivity contribution is 6.09. The Hall–Kier alpha value is -2.56. The van der Waals surface area contributed by atoms with Gasteiger partial charge >= 0.3 is 0 Å². The third-order valence-electron chi connectivity index (χ3n) is 2.85. The number of halogens is 2. The first-order chi connectivity index (χ1) is 9.95. The van der Waals surface area contributed by atoms with Crippen molar-refractivity contribution in [2.24, 2.45) is 10.7 Å². The Labute approximate surface area is 121 Å². The molecule has 21 heavy (non-hydrogen) atoms. The first-order valence-corrected chi connectivity index (χ1v) is 6.33. The van der Waals surface area contributed by atoms with Gasteiger partial charge in [-0.25, -0.2) is 13.8 Å². The number of ketones is 1. The number of hydrogen-bond acceptors (Lipinski definition) is 2. The largest absolute Gasteiger partial charge is 0.387 e. The number of nitrogens with two attached hydrogens (primary N) is 1. The van der Waals surface area contributed by atoms with Crippen molar-refractivity contribution in [2.75, 3.05) is 0 Å². The number of aryl methyl sites for hydroxylation is 1. The van der Waals surface area contributed by atoms with Crippen LogP contribution in [0.3, 0.4) is 0 Å². The van der Waals surface area contributed by atoms with Crippen LogP contribution in [0.15, 0.2) is 47.5 Å². The van der Waals surface area contributed by atoms with Crippen molar-refractivity contribution >= 4 is 17.3 Å². The minimum atomic E-state index is -0.900. The zero-order valence-corrected chi connectivity index (χ0v) is 11.4. The number of carbonyl (C=O) groups is 1. The van der Waals surface area contributed by atoms with Gasteiger partial charge in [-0.15, -0.1) is 0 Å². The molecule has 0 saturated carbocycles. The zero-order valence-electron chi connectivity index (χ0n) is 11.4. The average Bonchev–Trinajstić information content (AvgIpc) is 2.38. The Kier molecular flexibility index (Phi) is 4.42. The van der Waals surface area contributed by atoms with Crippen LogP contribution in [-0.4, -0.2) is 11.6 Å².